The van der Waals surface area contributed by atoms with Gasteiger partial charge in [0.25, 0.3) is 0 Å². The highest BCUT2D eigenvalue weighted by molar-refractivity contribution is 5.33. The third-order valence-electron chi connectivity index (χ3n) is 4.13. The molecule has 0 aromatic heterocycles. The van der Waals surface area contributed by atoms with Crippen molar-refractivity contribution in [2.75, 3.05) is 20.7 Å². The Balaban J connectivity index is 2.51. The highest BCUT2D eigenvalue weighted by Gasteiger charge is 2.14. The maximum Gasteiger partial charge on any atom is 0.122 e. The largest absolute Gasteiger partial charge is 0.496 e. The summed E-state index contributed by atoms with van der Waals surface area (Å²) in [4.78, 5) is 2.38. The van der Waals surface area contributed by atoms with Gasteiger partial charge in [-0.25, -0.2) is 0 Å². The van der Waals surface area contributed by atoms with Crippen LogP contribution in [-0.4, -0.2) is 37.7 Å². The highest BCUT2D eigenvalue weighted by atomic mass is 16.5. The SMILES string of the molecule is COc1ccccc1CC(C)N(C)CCC(N)C(C)C. The van der Waals surface area contributed by atoms with E-state index in [1.165, 1.54) is 5.56 Å². The van der Waals surface area contributed by atoms with E-state index >= 15 is 0 Å². The first-order valence-electron chi connectivity index (χ1n) is 7.53. The first kappa shape index (κ1) is 17.0. The molecular formula is C17H30N2O. The molecule has 0 aliphatic heterocycles. The smallest absolute Gasteiger partial charge is 0.122 e. The Kier molecular flexibility index (Phi) is 7.03. The lowest BCUT2D eigenvalue weighted by Crippen LogP contribution is -2.36. The number of benzene rings is 1. The van der Waals surface area contributed by atoms with E-state index in [-0.39, 0.29) is 6.04 Å². The molecule has 0 fully saturated rings. The molecule has 0 aliphatic rings. The summed E-state index contributed by atoms with van der Waals surface area (Å²) >= 11 is 0. The topological polar surface area (TPSA) is 38.5 Å². The van der Waals surface area contributed by atoms with Gasteiger partial charge >= 0.3 is 0 Å². The lowest BCUT2D eigenvalue weighted by atomic mass is 10.0. The number of likely N-dealkylation sites (N-methyl/N-ethyl adjacent to an activating group) is 1. The van der Waals surface area contributed by atoms with Crippen LogP contribution in [0.15, 0.2) is 24.3 Å². The molecule has 1 aromatic carbocycles. The van der Waals surface area contributed by atoms with Crippen molar-refractivity contribution >= 4 is 0 Å². The zero-order valence-corrected chi connectivity index (χ0v) is 13.6. The van der Waals surface area contributed by atoms with Crippen molar-refractivity contribution in [3.05, 3.63) is 29.8 Å². The molecule has 3 nitrogen and oxygen atoms in total. The van der Waals surface area contributed by atoms with E-state index in [0.717, 1.165) is 25.1 Å². The number of nitrogens with two attached hydrogens (primary N) is 1. The normalized spacial score (nSPS) is 14.6. The van der Waals surface area contributed by atoms with E-state index in [1.807, 2.05) is 12.1 Å². The third kappa shape index (κ3) is 5.14. The number of ether oxygens (including phenoxy) is 1. The lowest BCUT2D eigenvalue weighted by molar-refractivity contribution is 0.238. The lowest BCUT2D eigenvalue weighted by Gasteiger charge is -2.27. The molecule has 0 spiro atoms. The monoisotopic (exact) mass is 278 g/mol. The maximum absolute atomic E-state index is 6.12. The summed E-state index contributed by atoms with van der Waals surface area (Å²) in [6, 6.07) is 9.01. The number of hydrogen-bond acceptors (Lipinski definition) is 3. The minimum atomic E-state index is 0.288. The second-order valence-corrected chi connectivity index (χ2v) is 6.04. The Morgan fingerprint density at radius 2 is 1.85 bits per heavy atom. The minimum absolute atomic E-state index is 0.288. The van der Waals surface area contributed by atoms with Crippen molar-refractivity contribution in [2.24, 2.45) is 11.7 Å². The van der Waals surface area contributed by atoms with E-state index in [4.69, 9.17) is 10.5 Å². The predicted molar refractivity (Wildman–Crippen MR) is 86.2 cm³/mol. The number of methoxy groups -OCH3 is 1. The van der Waals surface area contributed by atoms with Crippen LogP contribution in [0.3, 0.4) is 0 Å². The van der Waals surface area contributed by atoms with Gasteiger partial charge in [0.15, 0.2) is 0 Å². The van der Waals surface area contributed by atoms with E-state index < -0.39 is 0 Å². The van der Waals surface area contributed by atoms with Gasteiger partial charge in [-0.1, -0.05) is 32.0 Å². The standard InChI is InChI=1S/C17H30N2O/c1-13(2)16(18)10-11-19(4)14(3)12-15-8-6-7-9-17(15)20-5/h6-9,13-14,16H,10-12,18H2,1-5H3. The Hall–Kier alpha value is -1.06. The molecule has 2 N–H and O–H groups in total. The van der Waals surface area contributed by atoms with Gasteiger partial charge in [0, 0.05) is 12.1 Å². The first-order chi connectivity index (χ1) is 9.45. The van der Waals surface area contributed by atoms with Gasteiger partial charge in [0.05, 0.1) is 7.11 Å². The van der Waals surface area contributed by atoms with Crippen molar-refractivity contribution in [3.8, 4) is 5.75 Å². The van der Waals surface area contributed by atoms with Crippen LogP contribution < -0.4 is 10.5 Å². The van der Waals surface area contributed by atoms with Crippen LogP contribution in [0.4, 0.5) is 0 Å². The Morgan fingerprint density at radius 1 is 1.20 bits per heavy atom. The first-order valence-corrected chi connectivity index (χ1v) is 7.53. The number of nitrogens with zero attached hydrogens (tertiary/aromatic N) is 1. The van der Waals surface area contributed by atoms with Crippen molar-refractivity contribution in [3.63, 3.8) is 0 Å². The summed E-state index contributed by atoms with van der Waals surface area (Å²) in [5.74, 6) is 1.53. The van der Waals surface area contributed by atoms with Gasteiger partial charge in [-0.05, 0) is 50.9 Å². The van der Waals surface area contributed by atoms with Gasteiger partial charge in [-0.15, -0.1) is 0 Å². The van der Waals surface area contributed by atoms with Gasteiger partial charge < -0.3 is 15.4 Å². The van der Waals surface area contributed by atoms with Crippen molar-refractivity contribution < 1.29 is 4.74 Å². The molecule has 114 valence electrons. The average Bonchev–Trinajstić information content (AvgIpc) is 2.44. The summed E-state index contributed by atoms with van der Waals surface area (Å²) in [5, 5.41) is 0. The van der Waals surface area contributed by atoms with Gasteiger partial charge in [-0.2, -0.15) is 0 Å². The molecule has 0 saturated carbocycles. The maximum atomic E-state index is 6.12. The molecule has 0 aliphatic carbocycles. The minimum Gasteiger partial charge on any atom is -0.496 e. The molecule has 20 heavy (non-hydrogen) atoms. The van der Waals surface area contributed by atoms with Crippen molar-refractivity contribution in [1.82, 2.24) is 4.90 Å². The quantitative estimate of drug-likeness (QED) is 0.794. The Labute approximate surface area is 124 Å². The second kappa shape index (κ2) is 8.28. The summed E-state index contributed by atoms with van der Waals surface area (Å²) in [6.45, 7) is 7.66. The third-order valence-corrected chi connectivity index (χ3v) is 4.13. The van der Waals surface area contributed by atoms with Crippen LogP contribution in [0.25, 0.3) is 0 Å². The molecule has 2 atom stereocenters. The molecule has 2 unspecified atom stereocenters. The van der Waals surface area contributed by atoms with Crippen molar-refractivity contribution in [1.29, 1.82) is 0 Å². The van der Waals surface area contributed by atoms with Crippen LogP contribution in [0.1, 0.15) is 32.8 Å². The van der Waals surface area contributed by atoms with E-state index in [1.54, 1.807) is 7.11 Å². The van der Waals surface area contributed by atoms with E-state index in [2.05, 4.69) is 44.9 Å². The number of rotatable bonds is 8. The van der Waals surface area contributed by atoms with Crippen LogP contribution in [0.2, 0.25) is 0 Å². The fourth-order valence-corrected chi connectivity index (χ4v) is 2.25. The van der Waals surface area contributed by atoms with E-state index in [9.17, 15) is 0 Å². The zero-order valence-electron chi connectivity index (χ0n) is 13.6. The van der Waals surface area contributed by atoms with Crippen LogP contribution in [-0.2, 0) is 6.42 Å². The zero-order chi connectivity index (χ0) is 15.1. The van der Waals surface area contributed by atoms with Gasteiger partial charge in [-0.3, -0.25) is 0 Å². The van der Waals surface area contributed by atoms with Crippen LogP contribution in [0.5, 0.6) is 5.75 Å². The van der Waals surface area contributed by atoms with E-state index in [0.29, 0.717) is 12.0 Å². The summed E-state index contributed by atoms with van der Waals surface area (Å²) in [6.07, 6.45) is 2.04. The second-order valence-electron chi connectivity index (χ2n) is 6.04. The summed E-state index contributed by atoms with van der Waals surface area (Å²) in [5.41, 5.74) is 7.38. The van der Waals surface area contributed by atoms with Crippen LogP contribution >= 0.6 is 0 Å². The molecule has 0 bridgehead atoms. The Morgan fingerprint density at radius 3 is 2.45 bits per heavy atom. The fraction of sp³-hybridized carbons (Fsp3) is 0.647. The molecule has 0 amide bonds. The molecule has 3 heteroatoms. The molecular weight excluding hydrogens is 248 g/mol. The highest BCUT2D eigenvalue weighted by Crippen LogP contribution is 2.20. The average molecular weight is 278 g/mol. The summed E-state index contributed by atoms with van der Waals surface area (Å²) < 4.78 is 5.42. The molecule has 1 rings (SSSR count). The molecule has 1 aromatic rings. The van der Waals surface area contributed by atoms with Gasteiger partial charge in [0.1, 0.15) is 5.75 Å². The Bertz CT molecular complexity index is 392. The molecule has 0 saturated heterocycles. The number of hydrogen-bond donors (Lipinski definition) is 1. The predicted octanol–water partition coefficient (Wildman–Crippen LogP) is 2.93. The fourth-order valence-electron chi connectivity index (χ4n) is 2.25. The van der Waals surface area contributed by atoms with Crippen LogP contribution in [0, 0.1) is 5.92 Å². The molecule has 0 radical (unpaired) electrons. The van der Waals surface area contributed by atoms with Crippen molar-refractivity contribution in [2.45, 2.75) is 45.7 Å². The molecule has 0 heterocycles. The number of para-hydroxylation sites is 1. The van der Waals surface area contributed by atoms with Gasteiger partial charge in [0.2, 0.25) is 0 Å². The summed E-state index contributed by atoms with van der Waals surface area (Å²) in [7, 11) is 3.90.